The van der Waals surface area contributed by atoms with Gasteiger partial charge in [0, 0.05) is 39.8 Å². The minimum atomic E-state index is -1.35. The molecule has 0 aromatic rings. The quantitative estimate of drug-likeness (QED) is 0.0756. The molecule has 0 radical (unpaired) electrons. The van der Waals surface area contributed by atoms with E-state index in [9.17, 15) is 19.2 Å². The number of rotatable bonds is 22. The average Bonchev–Trinajstić information content (AvgIpc) is 2.94. The Kier molecular flexibility index (Phi) is 20.7. The second kappa shape index (κ2) is 22.9. The lowest BCUT2D eigenvalue weighted by atomic mass is 9.96. The lowest BCUT2D eigenvalue weighted by Gasteiger charge is -2.44. The SMILES string of the molecule is CC(=O)N[C@H]1C(OC(C)=O)[C@@H](OC(C)=O)C(COC(C)=O)O[C@H]1OCCOCCOCCOP(OCCC#N)N(C(C)C)C(C)C. The number of nitrogens with one attached hydrogen (secondary N) is 1. The summed E-state index contributed by atoms with van der Waals surface area (Å²) in [5.41, 5.74) is 0. The van der Waals surface area contributed by atoms with Crippen LogP contribution >= 0.6 is 8.53 Å². The zero-order chi connectivity index (χ0) is 34.6. The minimum Gasteiger partial charge on any atom is -0.463 e. The van der Waals surface area contributed by atoms with Gasteiger partial charge in [-0.05, 0) is 27.7 Å². The number of carbonyl (C=O) groups excluding carboxylic acids is 4. The molecule has 17 heteroatoms. The first-order valence-corrected chi connectivity index (χ1v) is 16.3. The second-order valence-electron chi connectivity index (χ2n) is 10.7. The van der Waals surface area contributed by atoms with Crippen LogP contribution in [0.15, 0.2) is 0 Å². The van der Waals surface area contributed by atoms with E-state index in [-0.39, 0.29) is 58.1 Å². The molecule has 0 saturated carbocycles. The van der Waals surface area contributed by atoms with E-state index in [0.717, 1.165) is 6.92 Å². The number of nitrogens with zero attached hydrogens (tertiary/aromatic N) is 2. The number of hydrogen-bond acceptors (Lipinski definition) is 15. The molecule has 1 fully saturated rings. The van der Waals surface area contributed by atoms with Crippen molar-refractivity contribution < 1.29 is 61.4 Å². The summed E-state index contributed by atoms with van der Waals surface area (Å²) in [6.07, 6.45) is -4.35. The van der Waals surface area contributed by atoms with E-state index in [0.29, 0.717) is 13.2 Å². The molecule has 6 atom stereocenters. The standard InChI is InChI=1S/C29H50N3O13P/c1-19(2)32(20(3)4)46(41-11-9-10-30)42-17-15-38-13-12-37-14-16-39-29-26(31-21(5)33)28(44-24(8)36)27(43-23(7)35)25(45-29)18-40-22(6)34/h19-20,25-29H,9,11-18H2,1-8H3,(H,31,33)/t25?,26-,27-,28?,29+,46?/m0/s1. The summed E-state index contributed by atoms with van der Waals surface area (Å²) in [4.78, 5) is 47.3. The Labute approximate surface area is 272 Å². The first kappa shape index (κ1) is 41.5. The van der Waals surface area contributed by atoms with Gasteiger partial charge in [-0.2, -0.15) is 5.26 Å². The average molecular weight is 680 g/mol. The van der Waals surface area contributed by atoms with Crippen LogP contribution in [0.25, 0.3) is 0 Å². The van der Waals surface area contributed by atoms with Crippen LogP contribution < -0.4 is 5.32 Å². The summed E-state index contributed by atoms with van der Waals surface area (Å²) in [6, 6.07) is 1.40. The fourth-order valence-electron chi connectivity index (χ4n) is 4.47. The Bertz CT molecular complexity index is 973. The van der Waals surface area contributed by atoms with Gasteiger partial charge in [-0.15, -0.1) is 0 Å². The maximum absolute atomic E-state index is 12.0. The first-order chi connectivity index (χ1) is 21.8. The summed E-state index contributed by atoms with van der Waals surface area (Å²) in [6.45, 7) is 14.3. The van der Waals surface area contributed by atoms with Crippen molar-refractivity contribution in [1.29, 1.82) is 5.26 Å². The molecule has 1 N–H and O–H groups in total. The van der Waals surface area contributed by atoms with Crippen molar-refractivity contribution in [3.8, 4) is 6.07 Å². The maximum atomic E-state index is 12.0. The zero-order valence-corrected chi connectivity index (χ0v) is 28.9. The van der Waals surface area contributed by atoms with Crippen LogP contribution in [0, 0.1) is 11.3 Å². The topological polar surface area (TPSA) is 190 Å². The number of amides is 1. The van der Waals surface area contributed by atoms with E-state index in [2.05, 4.69) is 43.8 Å². The predicted molar refractivity (Wildman–Crippen MR) is 163 cm³/mol. The van der Waals surface area contributed by atoms with Gasteiger partial charge in [0.15, 0.2) is 18.5 Å². The van der Waals surface area contributed by atoms with Gasteiger partial charge in [-0.3, -0.25) is 19.2 Å². The Hall–Kier alpha value is -2.48. The third-order valence-corrected chi connectivity index (χ3v) is 8.15. The van der Waals surface area contributed by atoms with Crippen molar-refractivity contribution in [2.24, 2.45) is 0 Å². The third-order valence-electron chi connectivity index (χ3n) is 6.04. The molecule has 46 heavy (non-hydrogen) atoms. The van der Waals surface area contributed by atoms with Crippen molar-refractivity contribution in [2.75, 3.05) is 52.9 Å². The number of hydrogen-bond donors (Lipinski definition) is 1. The van der Waals surface area contributed by atoms with E-state index in [1.165, 1.54) is 20.8 Å². The van der Waals surface area contributed by atoms with Crippen LogP contribution in [-0.2, 0) is 61.4 Å². The number of nitriles is 1. The zero-order valence-electron chi connectivity index (χ0n) is 28.1. The second-order valence-corrected chi connectivity index (χ2v) is 12.1. The molecule has 1 rings (SSSR count). The maximum Gasteiger partial charge on any atom is 0.303 e. The number of carbonyl (C=O) groups is 4. The fourth-order valence-corrected chi connectivity index (χ4v) is 6.04. The van der Waals surface area contributed by atoms with E-state index in [1.807, 2.05) is 0 Å². The van der Waals surface area contributed by atoms with Gasteiger partial charge in [0.25, 0.3) is 8.53 Å². The highest BCUT2D eigenvalue weighted by atomic mass is 31.2. The molecule has 0 aromatic heterocycles. The van der Waals surface area contributed by atoms with Crippen LogP contribution in [0.4, 0.5) is 0 Å². The highest BCUT2D eigenvalue weighted by Gasteiger charge is 2.51. The molecular weight excluding hydrogens is 629 g/mol. The smallest absolute Gasteiger partial charge is 0.303 e. The molecule has 264 valence electrons. The summed E-state index contributed by atoms with van der Waals surface area (Å²) >= 11 is 0. The van der Waals surface area contributed by atoms with Gasteiger partial charge in [-0.1, -0.05) is 0 Å². The van der Waals surface area contributed by atoms with Crippen LogP contribution in [0.3, 0.4) is 0 Å². The molecule has 3 unspecified atom stereocenters. The lowest BCUT2D eigenvalue weighted by Crippen LogP contribution is -2.66. The van der Waals surface area contributed by atoms with Crippen molar-refractivity contribution in [3.63, 3.8) is 0 Å². The fraction of sp³-hybridized carbons (Fsp3) is 0.828. The van der Waals surface area contributed by atoms with Crippen LogP contribution in [0.5, 0.6) is 0 Å². The van der Waals surface area contributed by atoms with Crippen LogP contribution in [-0.4, -0.2) is 124 Å². The molecule has 1 aliphatic heterocycles. The van der Waals surface area contributed by atoms with Gasteiger partial charge in [0.2, 0.25) is 5.91 Å². The minimum absolute atomic E-state index is 0.0136. The summed E-state index contributed by atoms with van der Waals surface area (Å²) in [7, 11) is -1.35. The lowest BCUT2D eigenvalue weighted by molar-refractivity contribution is -0.279. The van der Waals surface area contributed by atoms with E-state index >= 15 is 0 Å². The van der Waals surface area contributed by atoms with Crippen molar-refractivity contribution in [2.45, 2.75) is 105 Å². The molecule has 1 saturated heterocycles. The Balaban J connectivity index is 2.65. The van der Waals surface area contributed by atoms with Crippen molar-refractivity contribution in [1.82, 2.24) is 9.99 Å². The summed E-state index contributed by atoms with van der Waals surface area (Å²) in [5.74, 6) is -2.47. The third kappa shape index (κ3) is 16.4. The molecule has 0 bridgehead atoms. The molecular formula is C29H50N3O13P. The molecule has 0 spiro atoms. The highest BCUT2D eigenvalue weighted by Crippen LogP contribution is 2.45. The first-order valence-electron chi connectivity index (χ1n) is 15.2. The molecule has 16 nitrogen and oxygen atoms in total. The molecule has 0 aromatic carbocycles. The molecule has 1 aliphatic rings. The Morgan fingerprint density at radius 2 is 1.35 bits per heavy atom. The van der Waals surface area contributed by atoms with Crippen molar-refractivity contribution >= 4 is 32.3 Å². The largest absolute Gasteiger partial charge is 0.463 e. The van der Waals surface area contributed by atoms with Crippen LogP contribution in [0.2, 0.25) is 0 Å². The highest BCUT2D eigenvalue weighted by molar-refractivity contribution is 7.44. The van der Waals surface area contributed by atoms with Crippen molar-refractivity contribution in [3.05, 3.63) is 0 Å². The van der Waals surface area contributed by atoms with Gasteiger partial charge in [-0.25, -0.2) is 4.67 Å². The number of esters is 3. The summed E-state index contributed by atoms with van der Waals surface area (Å²) in [5, 5.41) is 11.5. The van der Waals surface area contributed by atoms with Gasteiger partial charge in [0.1, 0.15) is 18.8 Å². The predicted octanol–water partition coefficient (Wildman–Crippen LogP) is 1.98. The monoisotopic (exact) mass is 679 g/mol. The normalized spacial score (nSPS) is 21.9. The van der Waals surface area contributed by atoms with E-state index in [1.54, 1.807) is 0 Å². The number of ether oxygens (including phenoxy) is 7. The Morgan fingerprint density at radius 1 is 0.804 bits per heavy atom. The molecule has 1 heterocycles. The van der Waals surface area contributed by atoms with Gasteiger partial charge < -0.3 is 47.5 Å². The van der Waals surface area contributed by atoms with E-state index in [4.69, 9.17) is 47.5 Å². The summed E-state index contributed by atoms with van der Waals surface area (Å²) < 4.78 is 52.8. The van der Waals surface area contributed by atoms with Gasteiger partial charge in [0.05, 0.1) is 58.7 Å². The van der Waals surface area contributed by atoms with Crippen LogP contribution in [0.1, 0.15) is 61.8 Å². The van der Waals surface area contributed by atoms with Gasteiger partial charge >= 0.3 is 17.9 Å². The molecule has 1 amide bonds. The van der Waals surface area contributed by atoms with E-state index < -0.39 is 63.0 Å². The molecule has 0 aliphatic carbocycles. The Morgan fingerprint density at radius 3 is 1.87 bits per heavy atom.